The van der Waals surface area contributed by atoms with E-state index in [1.165, 1.54) is 7.11 Å². The third kappa shape index (κ3) is 3.75. The molecule has 2 aromatic rings. The summed E-state index contributed by atoms with van der Waals surface area (Å²) in [5, 5.41) is 6.03. The smallest absolute Gasteiger partial charge is 0.319 e. The van der Waals surface area contributed by atoms with Gasteiger partial charge in [-0.05, 0) is 48.9 Å². The number of ketones is 1. The van der Waals surface area contributed by atoms with Crippen molar-refractivity contribution in [3.63, 3.8) is 0 Å². The van der Waals surface area contributed by atoms with E-state index >= 15 is 0 Å². The van der Waals surface area contributed by atoms with Crippen LogP contribution in [-0.4, -0.2) is 26.0 Å². The number of allylic oxidation sites excluding steroid dienone is 1. The van der Waals surface area contributed by atoms with Gasteiger partial charge in [0.15, 0.2) is 17.3 Å². The number of carbonyl (C=O) groups excluding carboxylic acids is 2. The summed E-state index contributed by atoms with van der Waals surface area (Å²) in [6.45, 7) is 1.70. The number of hydrogen-bond donors (Lipinski definition) is 2. The Morgan fingerprint density at radius 1 is 1.04 bits per heavy atom. The maximum atomic E-state index is 13.1. The molecule has 1 unspecified atom stereocenters. The quantitative estimate of drug-likeness (QED) is 0.765. The Morgan fingerprint density at radius 2 is 1.70 bits per heavy atom. The fourth-order valence-electron chi connectivity index (χ4n) is 3.03. The highest BCUT2D eigenvalue weighted by Gasteiger charge is 2.32. The van der Waals surface area contributed by atoms with Crippen LogP contribution in [0.3, 0.4) is 0 Å². The molecule has 1 aliphatic heterocycles. The van der Waals surface area contributed by atoms with Crippen LogP contribution in [0.4, 0.5) is 4.79 Å². The second-order valence-corrected chi connectivity index (χ2v) is 6.46. The van der Waals surface area contributed by atoms with Crippen LogP contribution in [0.15, 0.2) is 53.7 Å². The first kappa shape index (κ1) is 18.8. The maximum Gasteiger partial charge on any atom is 0.319 e. The summed E-state index contributed by atoms with van der Waals surface area (Å²) in [5.41, 5.74) is 2.14. The lowest BCUT2D eigenvalue weighted by Crippen LogP contribution is -2.45. The summed E-state index contributed by atoms with van der Waals surface area (Å²) in [6.07, 6.45) is 0. The van der Waals surface area contributed by atoms with Crippen molar-refractivity contribution < 1.29 is 19.1 Å². The van der Waals surface area contributed by atoms with Gasteiger partial charge in [-0.1, -0.05) is 17.7 Å². The molecule has 1 atom stereocenters. The number of halogens is 1. The number of methoxy groups -OCH3 is 2. The van der Waals surface area contributed by atoms with E-state index in [0.29, 0.717) is 38.9 Å². The van der Waals surface area contributed by atoms with Gasteiger partial charge in [-0.3, -0.25) is 4.79 Å². The van der Waals surface area contributed by atoms with Crippen LogP contribution >= 0.6 is 11.6 Å². The van der Waals surface area contributed by atoms with Crippen molar-refractivity contribution in [1.29, 1.82) is 0 Å². The molecule has 0 aliphatic carbocycles. The Hall–Kier alpha value is -2.99. The molecule has 1 aliphatic rings. The number of Topliss-reactive ketones (excluding diaryl/α,β-unsaturated/α-hetero) is 1. The van der Waals surface area contributed by atoms with E-state index in [9.17, 15) is 9.59 Å². The molecule has 7 heteroatoms. The summed E-state index contributed by atoms with van der Waals surface area (Å²) in [6, 6.07) is 10.9. The summed E-state index contributed by atoms with van der Waals surface area (Å²) in [5.74, 6) is 0.878. The minimum atomic E-state index is -0.623. The van der Waals surface area contributed by atoms with Gasteiger partial charge in [0, 0.05) is 21.9 Å². The lowest BCUT2D eigenvalue weighted by Gasteiger charge is -2.29. The predicted molar refractivity (Wildman–Crippen MR) is 102 cm³/mol. The van der Waals surface area contributed by atoms with E-state index in [1.54, 1.807) is 56.5 Å². The minimum Gasteiger partial charge on any atom is -0.493 e. The summed E-state index contributed by atoms with van der Waals surface area (Å²) in [4.78, 5) is 25.2. The lowest BCUT2D eigenvalue weighted by atomic mass is 9.89. The minimum absolute atomic E-state index is 0.198. The zero-order valence-corrected chi connectivity index (χ0v) is 15.9. The molecule has 0 aromatic heterocycles. The first-order valence-electron chi connectivity index (χ1n) is 8.25. The Balaban J connectivity index is 2.07. The van der Waals surface area contributed by atoms with Gasteiger partial charge in [0.05, 0.1) is 20.3 Å². The van der Waals surface area contributed by atoms with Gasteiger partial charge in [0.25, 0.3) is 0 Å². The fraction of sp³-hybridized carbons (Fsp3) is 0.200. The van der Waals surface area contributed by atoms with Crippen LogP contribution < -0.4 is 20.1 Å². The third-order valence-corrected chi connectivity index (χ3v) is 4.61. The van der Waals surface area contributed by atoms with Gasteiger partial charge in [-0.25, -0.2) is 4.79 Å². The molecule has 0 radical (unpaired) electrons. The van der Waals surface area contributed by atoms with Crippen molar-refractivity contribution >= 4 is 23.4 Å². The van der Waals surface area contributed by atoms with Gasteiger partial charge in [-0.15, -0.1) is 0 Å². The van der Waals surface area contributed by atoms with Crippen molar-refractivity contribution in [2.45, 2.75) is 13.0 Å². The lowest BCUT2D eigenvalue weighted by molar-refractivity contribution is 0.102. The Labute approximate surface area is 162 Å². The van der Waals surface area contributed by atoms with Gasteiger partial charge >= 0.3 is 6.03 Å². The molecule has 0 bridgehead atoms. The Bertz CT molecular complexity index is 922. The van der Waals surface area contributed by atoms with Crippen LogP contribution in [0.1, 0.15) is 28.9 Å². The van der Waals surface area contributed by atoms with E-state index in [-0.39, 0.29) is 11.8 Å². The summed E-state index contributed by atoms with van der Waals surface area (Å²) in [7, 11) is 3.08. The molecule has 0 fully saturated rings. The fourth-order valence-corrected chi connectivity index (χ4v) is 3.16. The molecular weight excluding hydrogens is 368 g/mol. The SMILES string of the molecule is COc1ccc(C2NC(=O)NC(C)=C2C(=O)c2ccc(Cl)cc2)cc1OC. The van der Waals surface area contributed by atoms with Crippen molar-refractivity contribution in [1.82, 2.24) is 10.6 Å². The van der Waals surface area contributed by atoms with Crippen LogP contribution in [0.2, 0.25) is 5.02 Å². The third-order valence-electron chi connectivity index (χ3n) is 4.36. The van der Waals surface area contributed by atoms with Gasteiger partial charge in [0.1, 0.15) is 0 Å². The van der Waals surface area contributed by atoms with Crippen molar-refractivity contribution in [3.8, 4) is 11.5 Å². The number of carbonyl (C=O) groups is 2. The van der Waals surface area contributed by atoms with Crippen LogP contribution in [0.25, 0.3) is 0 Å². The Kier molecular flexibility index (Phi) is 5.37. The average molecular weight is 387 g/mol. The predicted octanol–water partition coefficient (Wildman–Crippen LogP) is 3.87. The highest BCUT2D eigenvalue weighted by Crippen LogP contribution is 2.35. The van der Waals surface area contributed by atoms with E-state index in [0.717, 1.165) is 0 Å². The molecule has 140 valence electrons. The molecule has 0 spiro atoms. The van der Waals surface area contributed by atoms with Crippen molar-refractivity contribution in [2.24, 2.45) is 0 Å². The maximum absolute atomic E-state index is 13.1. The topological polar surface area (TPSA) is 76.7 Å². The number of amides is 2. The van der Waals surface area contributed by atoms with Crippen LogP contribution in [-0.2, 0) is 0 Å². The number of hydrogen-bond acceptors (Lipinski definition) is 4. The van der Waals surface area contributed by atoms with Gasteiger partial charge in [-0.2, -0.15) is 0 Å². The molecule has 2 aromatic carbocycles. The van der Waals surface area contributed by atoms with Crippen molar-refractivity contribution in [3.05, 3.63) is 69.9 Å². The molecule has 2 N–H and O–H groups in total. The monoisotopic (exact) mass is 386 g/mol. The largest absolute Gasteiger partial charge is 0.493 e. The summed E-state index contributed by atoms with van der Waals surface area (Å²) >= 11 is 5.92. The van der Waals surface area contributed by atoms with E-state index in [4.69, 9.17) is 21.1 Å². The van der Waals surface area contributed by atoms with E-state index in [1.807, 2.05) is 0 Å². The molecule has 0 saturated carbocycles. The van der Waals surface area contributed by atoms with Crippen LogP contribution in [0.5, 0.6) is 11.5 Å². The van der Waals surface area contributed by atoms with Gasteiger partial charge < -0.3 is 20.1 Å². The zero-order chi connectivity index (χ0) is 19.6. The van der Waals surface area contributed by atoms with E-state index in [2.05, 4.69) is 10.6 Å². The molecule has 6 nitrogen and oxygen atoms in total. The molecule has 3 rings (SSSR count). The highest BCUT2D eigenvalue weighted by atomic mass is 35.5. The number of urea groups is 1. The van der Waals surface area contributed by atoms with Crippen LogP contribution in [0, 0.1) is 0 Å². The Morgan fingerprint density at radius 3 is 2.33 bits per heavy atom. The zero-order valence-electron chi connectivity index (χ0n) is 15.1. The molecule has 1 heterocycles. The number of nitrogens with one attached hydrogen (secondary N) is 2. The number of benzene rings is 2. The number of rotatable bonds is 5. The molecule has 2 amide bonds. The summed E-state index contributed by atoms with van der Waals surface area (Å²) < 4.78 is 10.6. The molecular formula is C20H19ClN2O4. The second kappa shape index (κ2) is 7.72. The van der Waals surface area contributed by atoms with Gasteiger partial charge in [0.2, 0.25) is 0 Å². The number of ether oxygens (including phenoxy) is 2. The average Bonchev–Trinajstić information content (AvgIpc) is 2.67. The van der Waals surface area contributed by atoms with E-state index < -0.39 is 6.04 Å². The normalized spacial score (nSPS) is 16.4. The molecule has 27 heavy (non-hydrogen) atoms. The second-order valence-electron chi connectivity index (χ2n) is 6.02. The standard InChI is InChI=1S/C20H19ClN2O4/c1-11-17(19(24)12-4-7-14(21)8-5-12)18(23-20(25)22-11)13-6-9-15(26-2)16(10-13)27-3/h4-10,18H,1-3H3,(H2,22,23,25). The molecule has 0 saturated heterocycles. The van der Waals surface area contributed by atoms with Crippen molar-refractivity contribution in [2.75, 3.05) is 14.2 Å². The highest BCUT2D eigenvalue weighted by molar-refractivity contribution is 6.30. The first-order chi connectivity index (χ1) is 12.9. The first-order valence-corrected chi connectivity index (χ1v) is 8.63.